The highest BCUT2D eigenvalue weighted by Gasteiger charge is 2.11. The molecule has 0 radical (unpaired) electrons. The third kappa shape index (κ3) is 5.16. The largest absolute Gasteiger partial charge is 0.490 e. The molecule has 19 heavy (non-hydrogen) atoms. The van der Waals surface area contributed by atoms with Crippen molar-refractivity contribution in [3.8, 4) is 5.75 Å². The summed E-state index contributed by atoms with van der Waals surface area (Å²) < 4.78 is 41.6. The average Bonchev–Trinajstić information content (AvgIpc) is 2.37. The summed E-state index contributed by atoms with van der Waals surface area (Å²) in [6.45, 7) is 2.30. The van der Waals surface area contributed by atoms with Crippen LogP contribution in [0, 0.1) is 5.82 Å². The summed E-state index contributed by atoms with van der Waals surface area (Å²) in [4.78, 5) is 0. The van der Waals surface area contributed by atoms with E-state index in [1.54, 1.807) is 26.1 Å². The molecule has 0 unspecified atom stereocenters. The molecule has 0 fully saturated rings. The first-order valence-corrected chi connectivity index (χ1v) is 8.07. The van der Waals surface area contributed by atoms with Gasteiger partial charge in [0.1, 0.15) is 9.84 Å². The monoisotopic (exact) mass is 289 g/mol. The number of halogens is 1. The van der Waals surface area contributed by atoms with Crippen LogP contribution in [0.3, 0.4) is 0 Å². The number of ether oxygens (including phenoxy) is 1. The van der Waals surface area contributed by atoms with E-state index < -0.39 is 15.7 Å². The molecule has 0 spiro atoms. The Morgan fingerprint density at radius 3 is 2.74 bits per heavy atom. The van der Waals surface area contributed by atoms with E-state index in [-0.39, 0.29) is 23.9 Å². The predicted molar refractivity (Wildman–Crippen MR) is 73.6 cm³/mol. The van der Waals surface area contributed by atoms with Crippen molar-refractivity contribution in [2.75, 3.05) is 25.2 Å². The van der Waals surface area contributed by atoms with Gasteiger partial charge in [0.25, 0.3) is 0 Å². The zero-order valence-corrected chi connectivity index (χ0v) is 12.1. The maximum atomic E-state index is 13.6. The highest BCUT2D eigenvalue weighted by atomic mass is 32.2. The average molecular weight is 289 g/mol. The molecule has 0 aliphatic heterocycles. The lowest BCUT2D eigenvalue weighted by Crippen LogP contribution is -2.13. The number of hydrogen-bond donors (Lipinski definition) is 1. The fourth-order valence-electron chi connectivity index (χ4n) is 1.64. The van der Waals surface area contributed by atoms with E-state index >= 15 is 0 Å². The zero-order valence-electron chi connectivity index (χ0n) is 11.3. The Bertz CT molecular complexity index is 503. The minimum atomic E-state index is -2.99. The lowest BCUT2D eigenvalue weighted by Gasteiger charge is -2.12. The molecule has 0 amide bonds. The molecule has 1 aromatic carbocycles. The second-order valence-corrected chi connectivity index (χ2v) is 6.67. The summed E-state index contributed by atoms with van der Waals surface area (Å²) in [6, 6.07) is 4.73. The minimum absolute atomic E-state index is 0.0688. The van der Waals surface area contributed by atoms with Crippen LogP contribution >= 0.6 is 0 Å². The highest BCUT2D eigenvalue weighted by Crippen LogP contribution is 2.22. The maximum absolute atomic E-state index is 13.6. The molecule has 0 bridgehead atoms. The second kappa shape index (κ2) is 7.45. The minimum Gasteiger partial charge on any atom is -0.490 e. The van der Waals surface area contributed by atoms with Crippen molar-refractivity contribution in [2.24, 2.45) is 0 Å². The SMILES string of the molecule is CCS(=O)(=O)CCCOc1c(F)cccc1CNC. The van der Waals surface area contributed by atoms with Gasteiger partial charge in [-0.25, -0.2) is 12.8 Å². The van der Waals surface area contributed by atoms with Crippen molar-refractivity contribution >= 4 is 9.84 Å². The summed E-state index contributed by atoms with van der Waals surface area (Å²) in [5.74, 6) is -0.0337. The van der Waals surface area contributed by atoms with Gasteiger partial charge in [-0.2, -0.15) is 0 Å². The fraction of sp³-hybridized carbons (Fsp3) is 0.538. The van der Waals surface area contributed by atoms with Crippen molar-refractivity contribution in [1.29, 1.82) is 0 Å². The standard InChI is InChI=1S/C13H20FNO3S/c1-3-19(16,17)9-5-8-18-13-11(10-15-2)6-4-7-12(13)14/h4,6-7,15H,3,5,8-10H2,1-2H3. The smallest absolute Gasteiger partial charge is 0.165 e. The van der Waals surface area contributed by atoms with Gasteiger partial charge in [-0.05, 0) is 19.5 Å². The predicted octanol–water partition coefficient (Wildman–Crippen LogP) is 1.75. The fourth-order valence-corrected chi connectivity index (χ4v) is 2.49. The zero-order chi connectivity index (χ0) is 14.3. The number of para-hydroxylation sites is 1. The lowest BCUT2D eigenvalue weighted by atomic mass is 10.2. The van der Waals surface area contributed by atoms with Crippen molar-refractivity contribution in [3.05, 3.63) is 29.6 Å². The molecular weight excluding hydrogens is 269 g/mol. The van der Waals surface area contributed by atoms with Crippen LogP contribution < -0.4 is 10.1 Å². The Morgan fingerprint density at radius 1 is 1.37 bits per heavy atom. The Labute approximate surface area is 113 Å². The van der Waals surface area contributed by atoms with E-state index in [0.717, 1.165) is 5.56 Å². The molecule has 1 rings (SSSR count). The maximum Gasteiger partial charge on any atom is 0.165 e. The van der Waals surface area contributed by atoms with Gasteiger partial charge in [-0.3, -0.25) is 0 Å². The molecule has 0 aromatic heterocycles. The van der Waals surface area contributed by atoms with Crippen LogP contribution in [0.5, 0.6) is 5.75 Å². The highest BCUT2D eigenvalue weighted by molar-refractivity contribution is 7.91. The van der Waals surface area contributed by atoms with Crippen LogP contribution in [0.25, 0.3) is 0 Å². The number of sulfone groups is 1. The van der Waals surface area contributed by atoms with Gasteiger partial charge in [0.15, 0.2) is 11.6 Å². The Balaban J connectivity index is 2.58. The van der Waals surface area contributed by atoms with E-state index in [1.165, 1.54) is 6.07 Å². The molecule has 0 aliphatic rings. The molecule has 1 N–H and O–H groups in total. The summed E-state index contributed by atoms with van der Waals surface area (Å²) >= 11 is 0. The van der Waals surface area contributed by atoms with Crippen LogP contribution in [0.2, 0.25) is 0 Å². The normalized spacial score (nSPS) is 11.5. The van der Waals surface area contributed by atoms with Crippen molar-refractivity contribution in [2.45, 2.75) is 19.9 Å². The van der Waals surface area contributed by atoms with Gasteiger partial charge in [-0.1, -0.05) is 19.1 Å². The van der Waals surface area contributed by atoms with Crippen LogP contribution in [0.1, 0.15) is 18.9 Å². The number of benzene rings is 1. The number of hydrogen-bond acceptors (Lipinski definition) is 4. The first-order chi connectivity index (χ1) is 9.00. The first kappa shape index (κ1) is 15.9. The van der Waals surface area contributed by atoms with Crippen molar-refractivity contribution < 1.29 is 17.5 Å². The quantitative estimate of drug-likeness (QED) is 0.741. The van der Waals surface area contributed by atoms with Crippen LogP contribution in [-0.2, 0) is 16.4 Å². The van der Waals surface area contributed by atoms with Gasteiger partial charge in [0.05, 0.1) is 12.4 Å². The molecule has 108 valence electrons. The number of nitrogens with one attached hydrogen (secondary N) is 1. The number of rotatable bonds is 8. The van der Waals surface area contributed by atoms with Gasteiger partial charge < -0.3 is 10.1 Å². The molecular formula is C13H20FNO3S. The Hall–Kier alpha value is -1.14. The van der Waals surface area contributed by atoms with E-state index in [4.69, 9.17) is 4.74 Å². The van der Waals surface area contributed by atoms with Gasteiger partial charge in [0.2, 0.25) is 0 Å². The Morgan fingerprint density at radius 2 is 2.11 bits per heavy atom. The summed E-state index contributed by atoms with van der Waals surface area (Å²) in [5, 5.41) is 2.93. The van der Waals surface area contributed by atoms with Gasteiger partial charge in [0, 0.05) is 17.9 Å². The van der Waals surface area contributed by atoms with E-state index in [2.05, 4.69) is 5.32 Å². The molecule has 4 nitrogen and oxygen atoms in total. The molecule has 1 aromatic rings. The van der Waals surface area contributed by atoms with E-state index in [0.29, 0.717) is 13.0 Å². The molecule has 6 heteroatoms. The third-order valence-electron chi connectivity index (χ3n) is 2.70. The van der Waals surface area contributed by atoms with Crippen molar-refractivity contribution in [1.82, 2.24) is 5.32 Å². The molecule has 0 saturated carbocycles. The van der Waals surface area contributed by atoms with Crippen LogP contribution in [0.4, 0.5) is 4.39 Å². The summed E-state index contributed by atoms with van der Waals surface area (Å²) in [7, 11) is -1.22. The Kier molecular flexibility index (Phi) is 6.24. The third-order valence-corrected chi connectivity index (χ3v) is 4.49. The molecule has 0 saturated heterocycles. The van der Waals surface area contributed by atoms with E-state index in [1.807, 2.05) is 0 Å². The molecule has 0 heterocycles. The van der Waals surface area contributed by atoms with Crippen LogP contribution in [0.15, 0.2) is 18.2 Å². The van der Waals surface area contributed by atoms with Crippen LogP contribution in [-0.4, -0.2) is 33.6 Å². The summed E-state index contributed by atoms with van der Waals surface area (Å²) in [6.07, 6.45) is 0.365. The van der Waals surface area contributed by atoms with E-state index in [9.17, 15) is 12.8 Å². The first-order valence-electron chi connectivity index (χ1n) is 6.25. The van der Waals surface area contributed by atoms with Crippen molar-refractivity contribution in [3.63, 3.8) is 0 Å². The second-order valence-electron chi connectivity index (χ2n) is 4.20. The molecule has 0 aliphatic carbocycles. The molecule has 0 atom stereocenters. The topological polar surface area (TPSA) is 55.4 Å². The van der Waals surface area contributed by atoms with Gasteiger partial charge >= 0.3 is 0 Å². The summed E-state index contributed by atoms with van der Waals surface area (Å²) in [5.41, 5.74) is 0.723. The van der Waals surface area contributed by atoms with Gasteiger partial charge in [-0.15, -0.1) is 0 Å². The lowest BCUT2D eigenvalue weighted by molar-refractivity contribution is 0.297.